The summed E-state index contributed by atoms with van der Waals surface area (Å²) in [6.07, 6.45) is 2.61. The number of aromatic nitrogens is 2. The van der Waals surface area contributed by atoms with Crippen molar-refractivity contribution in [2.45, 2.75) is 57.6 Å². The molecule has 0 amide bonds. The molecule has 0 saturated heterocycles. The highest BCUT2D eigenvalue weighted by Crippen LogP contribution is 2.19. The zero-order chi connectivity index (χ0) is 20.7. The number of likely N-dealkylation sites (N-methyl/N-ethyl adjacent to an activating group) is 1. The fraction of sp³-hybridized carbons (Fsp3) is 0.571. The van der Waals surface area contributed by atoms with Crippen molar-refractivity contribution in [3.05, 3.63) is 42.2 Å². The Hall–Kier alpha value is -1.86. The zero-order valence-corrected chi connectivity index (χ0v) is 18.4. The van der Waals surface area contributed by atoms with Gasteiger partial charge in [0, 0.05) is 19.6 Å². The lowest BCUT2D eigenvalue weighted by atomic mass is 10.1. The van der Waals surface area contributed by atoms with Crippen LogP contribution in [0.4, 0.5) is 0 Å². The molecule has 1 aromatic carbocycles. The summed E-state index contributed by atoms with van der Waals surface area (Å²) in [5.74, 6) is 1.34. The Bertz CT molecular complexity index is 830. The van der Waals surface area contributed by atoms with E-state index < -0.39 is 15.1 Å². The van der Waals surface area contributed by atoms with Gasteiger partial charge in [-0.15, -0.1) is 0 Å². The Morgan fingerprint density at radius 1 is 1.14 bits per heavy atom. The van der Waals surface area contributed by atoms with E-state index in [1.165, 1.54) is 0 Å². The monoisotopic (exact) mass is 407 g/mol. The van der Waals surface area contributed by atoms with Crippen LogP contribution >= 0.6 is 0 Å². The van der Waals surface area contributed by atoms with Gasteiger partial charge < -0.3 is 9.30 Å². The highest BCUT2D eigenvalue weighted by Gasteiger charge is 2.26. The van der Waals surface area contributed by atoms with Crippen LogP contribution < -0.4 is 4.74 Å². The summed E-state index contributed by atoms with van der Waals surface area (Å²) in [5.41, 5.74) is 0.919. The van der Waals surface area contributed by atoms with E-state index in [-0.39, 0.29) is 5.16 Å². The first-order valence-electron chi connectivity index (χ1n) is 9.86. The third-order valence-corrected chi connectivity index (χ3v) is 6.70. The van der Waals surface area contributed by atoms with Gasteiger partial charge in [0.1, 0.15) is 12.4 Å². The summed E-state index contributed by atoms with van der Waals surface area (Å²) in [7, 11) is -1.41. The molecule has 0 aliphatic rings. The first-order valence-corrected chi connectivity index (χ1v) is 11.4. The molecule has 0 unspecified atom stereocenters. The van der Waals surface area contributed by atoms with Gasteiger partial charge in [-0.25, -0.2) is 13.4 Å². The van der Waals surface area contributed by atoms with Gasteiger partial charge in [0.25, 0.3) is 0 Å². The maximum absolute atomic E-state index is 12.7. The Labute approximate surface area is 169 Å². The van der Waals surface area contributed by atoms with Gasteiger partial charge >= 0.3 is 0 Å². The van der Waals surface area contributed by atoms with E-state index in [2.05, 4.69) is 23.7 Å². The Kier molecular flexibility index (Phi) is 8.07. The largest absolute Gasteiger partial charge is 0.492 e. The van der Waals surface area contributed by atoms with E-state index in [0.717, 1.165) is 24.4 Å². The van der Waals surface area contributed by atoms with Crippen LogP contribution in [0.15, 0.2) is 41.7 Å². The molecular formula is C21H33N3O3S. The number of sulfone groups is 1. The standard InChI is InChI=1S/C21H33N3O3S/c1-17(2)11-12-24-19(15-22-21(24)28(25,26)18(3)4)16-23(5)13-14-27-20-9-7-6-8-10-20/h6-10,15,17-18H,11-14,16H2,1-5H3. The van der Waals surface area contributed by atoms with Crippen LogP contribution in [-0.2, 0) is 22.9 Å². The van der Waals surface area contributed by atoms with Crippen molar-refractivity contribution in [3.63, 3.8) is 0 Å². The number of hydrogen-bond acceptors (Lipinski definition) is 5. The third kappa shape index (κ3) is 6.07. The second-order valence-corrected chi connectivity index (χ2v) is 10.3. The van der Waals surface area contributed by atoms with Crippen molar-refractivity contribution in [1.29, 1.82) is 0 Å². The molecule has 0 saturated carbocycles. The summed E-state index contributed by atoms with van der Waals surface area (Å²) < 4.78 is 33.1. The molecule has 28 heavy (non-hydrogen) atoms. The molecule has 2 aromatic rings. The number of ether oxygens (including phenoxy) is 1. The van der Waals surface area contributed by atoms with Crippen LogP contribution in [0.3, 0.4) is 0 Å². The quantitative estimate of drug-likeness (QED) is 0.569. The molecule has 0 bridgehead atoms. The lowest BCUT2D eigenvalue weighted by Gasteiger charge is -2.20. The molecule has 0 radical (unpaired) electrons. The van der Waals surface area contributed by atoms with Crippen molar-refractivity contribution in [2.24, 2.45) is 5.92 Å². The van der Waals surface area contributed by atoms with Gasteiger partial charge in [0.05, 0.1) is 17.1 Å². The molecule has 156 valence electrons. The number of nitrogens with zero attached hydrogens (tertiary/aromatic N) is 3. The average Bonchev–Trinajstić information content (AvgIpc) is 3.03. The lowest BCUT2D eigenvalue weighted by molar-refractivity contribution is 0.229. The molecule has 7 heteroatoms. The molecule has 6 nitrogen and oxygen atoms in total. The van der Waals surface area contributed by atoms with Crippen LogP contribution in [0, 0.1) is 5.92 Å². The van der Waals surface area contributed by atoms with Gasteiger partial charge in [-0.1, -0.05) is 32.0 Å². The first-order chi connectivity index (χ1) is 13.2. The van der Waals surface area contributed by atoms with Crippen LogP contribution in [0.1, 0.15) is 39.8 Å². The van der Waals surface area contributed by atoms with Gasteiger partial charge in [0.15, 0.2) is 0 Å². The molecular weight excluding hydrogens is 374 g/mol. The minimum absolute atomic E-state index is 0.187. The third-order valence-electron chi connectivity index (χ3n) is 4.62. The fourth-order valence-corrected chi connectivity index (χ4v) is 3.91. The number of imidazole rings is 1. The van der Waals surface area contributed by atoms with E-state index in [9.17, 15) is 8.42 Å². The Morgan fingerprint density at radius 2 is 1.82 bits per heavy atom. The van der Waals surface area contributed by atoms with E-state index >= 15 is 0 Å². The second kappa shape index (κ2) is 10.1. The molecule has 0 fully saturated rings. The Morgan fingerprint density at radius 3 is 2.43 bits per heavy atom. The van der Waals surface area contributed by atoms with Crippen LogP contribution in [0.25, 0.3) is 0 Å². The summed E-state index contributed by atoms with van der Waals surface area (Å²) in [6.45, 7) is 10.3. The predicted molar refractivity (Wildman–Crippen MR) is 112 cm³/mol. The van der Waals surface area contributed by atoms with Crippen molar-refractivity contribution < 1.29 is 13.2 Å². The Balaban J connectivity index is 2.07. The molecule has 1 aromatic heterocycles. The summed E-state index contributed by atoms with van der Waals surface area (Å²) in [6, 6.07) is 9.72. The zero-order valence-electron chi connectivity index (χ0n) is 17.6. The predicted octanol–water partition coefficient (Wildman–Crippen LogP) is 3.62. The summed E-state index contributed by atoms with van der Waals surface area (Å²) in [5, 5.41) is -0.301. The van der Waals surface area contributed by atoms with Crippen LogP contribution in [-0.4, -0.2) is 48.3 Å². The van der Waals surface area contributed by atoms with Crippen molar-refractivity contribution in [3.8, 4) is 5.75 Å². The smallest absolute Gasteiger partial charge is 0.228 e. The average molecular weight is 408 g/mol. The van der Waals surface area contributed by atoms with Gasteiger partial charge in [-0.3, -0.25) is 4.90 Å². The summed E-state index contributed by atoms with van der Waals surface area (Å²) >= 11 is 0. The fourth-order valence-electron chi connectivity index (χ4n) is 2.77. The molecule has 0 aliphatic carbocycles. The van der Waals surface area contributed by atoms with Crippen molar-refractivity contribution in [1.82, 2.24) is 14.5 Å². The maximum atomic E-state index is 12.7. The molecule has 0 atom stereocenters. The number of benzene rings is 1. The number of para-hydroxylation sites is 1. The molecule has 0 spiro atoms. The highest BCUT2D eigenvalue weighted by atomic mass is 32.2. The minimum atomic E-state index is -3.41. The number of hydrogen-bond donors (Lipinski definition) is 0. The van der Waals surface area contributed by atoms with Gasteiger partial charge in [-0.05, 0) is 45.4 Å². The van der Waals surface area contributed by atoms with E-state index in [1.807, 2.05) is 41.9 Å². The normalized spacial score (nSPS) is 12.3. The van der Waals surface area contributed by atoms with Crippen molar-refractivity contribution >= 4 is 9.84 Å². The van der Waals surface area contributed by atoms with Gasteiger partial charge in [-0.2, -0.15) is 0 Å². The molecule has 2 rings (SSSR count). The minimum Gasteiger partial charge on any atom is -0.492 e. The molecule has 0 aliphatic heterocycles. The van der Waals surface area contributed by atoms with E-state index in [4.69, 9.17) is 4.74 Å². The second-order valence-electron chi connectivity index (χ2n) is 7.86. The van der Waals surface area contributed by atoms with E-state index in [0.29, 0.717) is 25.6 Å². The SMILES string of the molecule is CC(C)CCn1c(CN(C)CCOc2ccccc2)cnc1S(=O)(=O)C(C)C. The van der Waals surface area contributed by atoms with Crippen LogP contribution in [0.2, 0.25) is 0 Å². The van der Waals surface area contributed by atoms with E-state index in [1.54, 1.807) is 20.0 Å². The van der Waals surface area contributed by atoms with Crippen molar-refractivity contribution in [2.75, 3.05) is 20.2 Å². The maximum Gasteiger partial charge on any atom is 0.228 e. The molecule has 1 heterocycles. The van der Waals surface area contributed by atoms with Crippen LogP contribution in [0.5, 0.6) is 5.75 Å². The van der Waals surface area contributed by atoms with Gasteiger partial charge in [0.2, 0.25) is 15.0 Å². The lowest BCUT2D eigenvalue weighted by Crippen LogP contribution is -2.26. The summed E-state index contributed by atoms with van der Waals surface area (Å²) in [4.78, 5) is 6.41. The first kappa shape index (κ1) is 22.4. The number of rotatable bonds is 11. The molecule has 0 N–H and O–H groups in total. The highest BCUT2D eigenvalue weighted by molar-refractivity contribution is 7.91. The topological polar surface area (TPSA) is 64.4 Å².